The largest absolute Gasteiger partial charge is 0.381 e. The highest BCUT2D eigenvalue weighted by molar-refractivity contribution is 5.58. The number of fused-ring (bicyclic) bond motifs is 1. The van der Waals surface area contributed by atoms with Crippen molar-refractivity contribution in [3.05, 3.63) is 18.2 Å². The number of anilines is 1. The molecule has 2 heterocycles. The lowest BCUT2D eigenvalue weighted by Gasteiger charge is -2.02. The van der Waals surface area contributed by atoms with E-state index in [1.54, 1.807) is 10.7 Å². The second-order valence-corrected chi connectivity index (χ2v) is 2.85. The number of nitrogens with two attached hydrogens (primary N) is 2. The smallest absolute Gasteiger partial charge is 0.196 e. The molecule has 6 nitrogen and oxygen atoms in total. The van der Waals surface area contributed by atoms with E-state index in [4.69, 9.17) is 11.5 Å². The van der Waals surface area contributed by atoms with E-state index in [1.165, 1.54) is 6.33 Å². The van der Waals surface area contributed by atoms with E-state index in [0.29, 0.717) is 11.5 Å². The van der Waals surface area contributed by atoms with Gasteiger partial charge in [0, 0.05) is 6.04 Å². The minimum Gasteiger partial charge on any atom is -0.381 e. The van der Waals surface area contributed by atoms with Gasteiger partial charge in [0.15, 0.2) is 11.5 Å². The molecule has 0 aromatic carbocycles. The molecule has 0 bridgehead atoms. The molecule has 0 spiro atoms. The molecule has 0 saturated carbocycles. The van der Waals surface area contributed by atoms with Gasteiger partial charge in [-0.25, -0.2) is 14.5 Å². The van der Waals surface area contributed by atoms with Crippen molar-refractivity contribution in [3.63, 3.8) is 0 Å². The molecular weight excluding hydrogens is 168 g/mol. The zero-order chi connectivity index (χ0) is 9.42. The van der Waals surface area contributed by atoms with E-state index in [1.807, 2.05) is 6.92 Å². The number of nitrogens with zero attached hydrogens (tertiary/aromatic N) is 4. The lowest BCUT2D eigenvalue weighted by Crippen LogP contribution is -2.10. The van der Waals surface area contributed by atoms with Crippen LogP contribution < -0.4 is 11.5 Å². The monoisotopic (exact) mass is 178 g/mol. The predicted molar refractivity (Wildman–Crippen MR) is 47.8 cm³/mol. The fraction of sp³-hybridized carbons (Fsp3) is 0.286. The summed E-state index contributed by atoms with van der Waals surface area (Å²) in [6.07, 6.45) is 3.04. The van der Waals surface area contributed by atoms with Crippen molar-refractivity contribution in [3.8, 4) is 0 Å². The first kappa shape index (κ1) is 7.93. The average molecular weight is 178 g/mol. The fourth-order valence-corrected chi connectivity index (χ4v) is 1.16. The maximum absolute atomic E-state index is 5.71. The summed E-state index contributed by atoms with van der Waals surface area (Å²) >= 11 is 0. The molecule has 68 valence electrons. The molecule has 0 radical (unpaired) electrons. The Labute approximate surface area is 74.6 Å². The molecule has 13 heavy (non-hydrogen) atoms. The summed E-state index contributed by atoms with van der Waals surface area (Å²) in [7, 11) is 0. The molecule has 0 saturated heterocycles. The molecule has 0 aliphatic rings. The first-order chi connectivity index (χ1) is 6.20. The van der Waals surface area contributed by atoms with Gasteiger partial charge in [0.1, 0.15) is 6.33 Å². The Morgan fingerprint density at radius 3 is 2.92 bits per heavy atom. The maximum Gasteiger partial charge on any atom is 0.196 e. The van der Waals surface area contributed by atoms with Crippen LogP contribution in [0.2, 0.25) is 0 Å². The molecule has 6 heteroatoms. The van der Waals surface area contributed by atoms with Gasteiger partial charge in [-0.2, -0.15) is 5.10 Å². The number of hydrogen-bond acceptors (Lipinski definition) is 5. The molecule has 2 aromatic heterocycles. The number of imidazole rings is 1. The standard InChI is InChI=1S/C7H10N6/c1-4(8)5-2-10-7-6(9)11-3-12-13(5)7/h2-4H,8H2,1H3,(H2,9,11,12). The highest BCUT2D eigenvalue weighted by Gasteiger charge is 2.09. The molecule has 0 amide bonds. The number of rotatable bonds is 1. The summed E-state index contributed by atoms with van der Waals surface area (Å²) in [5.41, 5.74) is 12.7. The molecular formula is C7H10N6. The van der Waals surface area contributed by atoms with Crippen LogP contribution in [-0.4, -0.2) is 19.6 Å². The fourth-order valence-electron chi connectivity index (χ4n) is 1.16. The highest BCUT2D eigenvalue weighted by Crippen LogP contribution is 2.13. The van der Waals surface area contributed by atoms with Crippen molar-refractivity contribution in [1.82, 2.24) is 19.6 Å². The van der Waals surface area contributed by atoms with Crippen molar-refractivity contribution in [2.45, 2.75) is 13.0 Å². The minimum absolute atomic E-state index is 0.121. The molecule has 1 unspecified atom stereocenters. The summed E-state index contributed by atoms with van der Waals surface area (Å²) in [4.78, 5) is 7.89. The van der Waals surface area contributed by atoms with Crippen LogP contribution in [0.25, 0.3) is 5.65 Å². The third kappa shape index (κ3) is 1.11. The van der Waals surface area contributed by atoms with E-state index in [0.717, 1.165) is 5.69 Å². The van der Waals surface area contributed by atoms with Crippen LogP contribution in [0.3, 0.4) is 0 Å². The van der Waals surface area contributed by atoms with E-state index in [9.17, 15) is 0 Å². The Kier molecular flexibility index (Phi) is 1.63. The van der Waals surface area contributed by atoms with Crippen molar-refractivity contribution >= 4 is 11.5 Å². The van der Waals surface area contributed by atoms with E-state index < -0.39 is 0 Å². The molecule has 4 N–H and O–H groups in total. The van der Waals surface area contributed by atoms with Crippen LogP contribution in [-0.2, 0) is 0 Å². The van der Waals surface area contributed by atoms with Gasteiger partial charge in [-0.05, 0) is 6.92 Å². The summed E-state index contributed by atoms with van der Waals surface area (Å²) in [6, 6.07) is -0.121. The lowest BCUT2D eigenvalue weighted by molar-refractivity contribution is 0.726. The lowest BCUT2D eigenvalue weighted by atomic mass is 10.3. The Balaban J connectivity index is 2.75. The third-order valence-corrected chi connectivity index (χ3v) is 1.82. The quantitative estimate of drug-likeness (QED) is 0.626. The minimum atomic E-state index is -0.121. The SMILES string of the molecule is CC(N)c1cnc2c(N)ncnn12. The van der Waals surface area contributed by atoms with Crippen molar-refractivity contribution < 1.29 is 0 Å². The van der Waals surface area contributed by atoms with Gasteiger partial charge >= 0.3 is 0 Å². The zero-order valence-electron chi connectivity index (χ0n) is 7.18. The molecule has 2 rings (SSSR count). The van der Waals surface area contributed by atoms with Crippen molar-refractivity contribution in [2.75, 3.05) is 5.73 Å². The molecule has 0 aliphatic heterocycles. The second-order valence-electron chi connectivity index (χ2n) is 2.85. The third-order valence-electron chi connectivity index (χ3n) is 1.82. The first-order valence-electron chi connectivity index (χ1n) is 3.90. The molecule has 1 atom stereocenters. The molecule has 2 aromatic rings. The Morgan fingerprint density at radius 2 is 2.23 bits per heavy atom. The van der Waals surface area contributed by atoms with Crippen LogP contribution in [0.1, 0.15) is 18.7 Å². The van der Waals surface area contributed by atoms with Gasteiger partial charge in [0.05, 0.1) is 11.9 Å². The number of aromatic nitrogens is 4. The Bertz CT molecular complexity index is 431. The normalized spacial score (nSPS) is 13.4. The summed E-state index contributed by atoms with van der Waals surface area (Å²) in [6.45, 7) is 1.86. The summed E-state index contributed by atoms with van der Waals surface area (Å²) in [5, 5.41) is 4.01. The topological polar surface area (TPSA) is 95.1 Å². The van der Waals surface area contributed by atoms with Gasteiger partial charge < -0.3 is 11.5 Å². The zero-order valence-corrected chi connectivity index (χ0v) is 7.18. The van der Waals surface area contributed by atoms with Gasteiger partial charge in [0.2, 0.25) is 0 Å². The Hall–Kier alpha value is -1.69. The second kappa shape index (κ2) is 2.67. The maximum atomic E-state index is 5.71. The van der Waals surface area contributed by atoms with Crippen LogP contribution in [0.4, 0.5) is 5.82 Å². The van der Waals surface area contributed by atoms with Gasteiger partial charge in [-0.3, -0.25) is 0 Å². The Morgan fingerprint density at radius 1 is 1.46 bits per heavy atom. The van der Waals surface area contributed by atoms with Crippen LogP contribution >= 0.6 is 0 Å². The van der Waals surface area contributed by atoms with E-state index in [2.05, 4.69) is 15.1 Å². The van der Waals surface area contributed by atoms with Crippen molar-refractivity contribution in [2.24, 2.45) is 5.73 Å². The summed E-state index contributed by atoms with van der Waals surface area (Å²) < 4.78 is 1.60. The van der Waals surface area contributed by atoms with E-state index >= 15 is 0 Å². The van der Waals surface area contributed by atoms with Crippen LogP contribution in [0.15, 0.2) is 12.5 Å². The van der Waals surface area contributed by atoms with E-state index in [-0.39, 0.29) is 6.04 Å². The van der Waals surface area contributed by atoms with Gasteiger partial charge in [-0.1, -0.05) is 0 Å². The average Bonchev–Trinajstić information content (AvgIpc) is 2.48. The van der Waals surface area contributed by atoms with Crippen LogP contribution in [0, 0.1) is 0 Å². The number of nitrogen functional groups attached to an aromatic ring is 1. The molecule has 0 fully saturated rings. The van der Waals surface area contributed by atoms with Crippen LogP contribution in [0.5, 0.6) is 0 Å². The highest BCUT2D eigenvalue weighted by atomic mass is 15.3. The molecule has 0 aliphatic carbocycles. The predicted octanol–water partition coefficient (Wildman–Crippen LogP) is -0.274. The van der Waals surface area contributed by atoms with Gasteiger partial charge in [-0.15, -0.1) is 0 Å². The number of hydrogen-bond donors (Lipinski definition) is 2. The van der Waals surface area contributed by atoms with Gasteiger partial charge in [0.25, 0.3) is 0 Å². The van der Waals surface area contributed by atoms with Crippen molar-refractivity contribution in [1.29, 1.82) is 0 Å². The summed E-state index contributed by atoms with van der Waals surface area (Å²) in [5.74, 6) is 0.363. The first-order valence-corrected chi connectivity index (χ1v) is 3.90.